The van der Waals surface area contributed by atoms with Crippen LogP contribution in [0.1, 0.15) is 20.8 Å². The second-order valence-corrected chi connectivity index (χ2v) is 8.77. The Morgan fingerprint density at radius 3 is 2.75 bits per heavy atom. The lowest BCUT2D eigenvalue weighted by molar-refractivity contribution is -0.192. The summed E-state index contributed by atoms with van der Waals surface area (Å²) in [4.78, 5) is 28.7. The number of hydrogen-bond acceptors (Lipinski definition) is 6. The summed E-state index contributed by atoms with van der Waals surface area (Å²) in [6, 6.07) is 5.93. The van der Waals surface area contributed by atoms with E-state index >= 15 is 0 Å². The molecule has 2 aliphatic heterocycles. The Kier molecular flexibility index (Phi) is 7.52. The van der Waals surface area contributed by atoms with Crippen molar-refractivity contribution >= 4 is 23.2 Å². The summed E-state index contributed by atoms with van der Waals surface area (Å²) in [7, 11) is 0. The highest BCUT2D eigenvalue weighted by molar-refractivity contribution is 7.12. The van der Waals surface area contributed by atoms with Crippen LogP contribution in [-0.4, -0.2) is 66.0 Å². The number of aromatic nitrogens is 1. The van der Waals surface area contributed by atoms with Gasteiger partial charge in [0.2, 0.25) is 0 Å². The van der Waals surface area contributed by atoms with Crippen molar-refractivity contribution < 1.29 is 37.3 Å². The van der Waals surface area contributed by atoms with E-state index in [0.717, 1.165) is 22.5 Å². The molecule has 0 saturated carbocycles. The van der Waals surface area contributed by atoms with Crippen LogP contribution in [0.25, 0.3) is 0 Å². The third-order valence-corrected chi connectivity index (χ3v) is 6.49. The Bertz CT molecular complexity index is 937. The molecule has 174 valence electrons. The van der Waals surface area contributed by atoms with Gasteiger partial charge in [-0.1, -0.05) is 6.07 Å². The van der Waals surface area contributed by atoms with Crippen molar-refractivity contribution in [1.82, 2.24) is 9.88 Å². The summed E-state index contributed by atoms with van der Waals surface area (Å²) in [5.74, 6) is -2.26. The maximum Gasteiger partial charge on any atom is 0.490 e. The lowest BCUT2D eigenvalue weighted by Gasteiger charge is -2.26. The fraction of sp³-hybridized carbons (Fsp3) is 0.476. The van der Waals surface area contributed by atoms with E-state index in [1.165, 1.54) is 11.3 Å². The fourth-order valence-corrected chi connectivity index (χ4v) is 4.67. The Morgan fingerprint density at radius 2 is 2.16 bits per heavy atom. The summed E-state index contributed by atoms with van der Waals surface area (Å²) < 4.78 is 43.5. The third kappa shape index (κ3) is 5.64. The molecular formula is C21H23F3N2O5S. The number of aryl methyl sites for hydroxylation is 1. The van der Waals surface area contributed by atoms with Crippen molar-refractivity contribution in [2.45, 2.75) is 19.7 Å². The van der Waals surface area contributed by atoms with E-state index in [1.54, 1.807) is 6.20 Å². The van der Waals surface area contributed by atoms with Crippen LogP contribution in [0.15, 0.2) is 36.0 Å². The molecule has 2 aliphatic rings. The van der Waals surface area contributed by atoms with Crippen LogP contribution in [0.5, 0.6) is 0 Å². The van der Waals surface area contributed by atoms with Crippen LogP contribution in [0.3, 0.4) is 0 Å². The number of ether oxygens (including phenoxy) is 2. The van der Waals surface area contributed by atoms with Gasteiger partial charge in [-0.05, 0) is 35.6 Å². The van der Waals surface area contributed by atoms with E-state index in [4.69, 9.17) is 19.4 Å². The number of likely N-dealkylation sites (tertiary alicyclic amines) is 1. The van der Waals surface area contributed by atoms with Crippen LogP contribution in [0, 0.1) is 18.3 Å². The molecule has 0 aromatic carbocycles. The van der Waals surface area contributed by atoms with E-state index in [9.17, 15) is 18.0 Å². The zero-order valence-corrected chi connectivity index (χ0v) is 18.1. The minimum absolute atomic E-state index is 0.0803. The van der Waals surface area contributed by atoms with Crippen molar-refractivity contribution in [3.8, 4) is 0 Å². The first-order valence-corrected chi connectivity index (χ1v) is 10.7. The number of halogens is 3. The number of nitrogens with zero attached hydrogens (tertiary/aromatic N) is 2. The highest BCUT2D eigenvalue weighted by Crippen LogP contribution is 2.42. The number of pyridine rings is 1. The summed E-state index contributed by atoms with van der Waals surface area (Å²) in [5, 5.41) is 9.11. The first kappa shape index (κ1) is 24.1. The van der Waals surface area contributed by atoms with Gasteiger partial charge in [-0.15, -0.1) is 11.3 Å². The molecule has 2 aromatic rings. The molecule has 0 bridgehead atoms. The highest BCUT2D eigenvalue weighted by atomic mass is 32.1. The lowest BCUT2D eigenvalue weighted by atomic mass is 9.82. The summed E-state index contributed by atoms with van der Waals surface area (Å²) in [6.07, 6.45) is -1.50. The largest absolute Gasteiger partial charge is 0.490 e. The monoisotopic (exact) mass is 472 g/mol. The summed E-state index contributed by atoms with van der Waals surface area (Å²) in [6.45, 7) is 5.99. The number of alkyl halides is 3. The number of carboxylic acid groups (broad SMARTS) is 1. The number of carbonyl (C=O) groups is 2. The molecule has 4 rings (SSSR count). The lowest BCUT2D eigenvalue weighted by Crippen LogP contribution is -2.37. The van der Waals surface area contributed by atoms with Gasteiger partial charge in [0.05, 0.1) is 31.3 Å². The highest BCUT2D eigenvalue weighted by Gasteiger charge is 2.52. The number of hydrogen-bond donors (Lipinski definition) is 1. The van der Waals surface area contributed by atoms with Crippen molar-refractivity contribution in [3.63, 3.8) is 0 Å². The number of rotatable bonds is 5. The molecule has 0 spiro atoms. The molecule has 4 heterocycles. The average Bonchev–Trinajstić information content (AvgIpc) is 3.42. The molecule has 32 heavy (non-hydrogen) atoms. The molecule has 11 heteroatoms. The van der Waals surface area contributed by atoms with Crippen LogP contribution >= 0.6 is 11.3 Å². The van der Waals surface area contributed by atoms with Crippen LogP contribution < -0.4 is 0 Å². The zero-order chi connectivity index (χ0) is 23.4. The predicted molar refractivity (Wildman–Crippen MR) is 109 cm³/mol. The topological polar surface area (TPSA) is 89.0 Å². The number of amides is 1. The first-order valence-electron chi connectivity index (χ1n) is 9.80. The van der Waals surface area contributed by atoms with Gasteiger partial charge in [-0.2, -0.15) is 13.2 Å². The number of fused-ring (bicyclic) bond motifs is 1. The van der Waals surface area contributed by atoms with E-state index < -0.39 is 12.1 Å². The van der Waals surface area contributed by atoms with Gasteiger partial charge in [0.1, 0.15) is 0 Å². The molecule has 2 atom stereocenters. The standard InChI is InChI=1S/C19H22N2O3S.C2HF3O2/c1-14-4-6-25-17(14)18(22)21-8-16-10-24-13-19(16,11-21)12-23-9-15-3-2-5-20-7-15;3-2(4,5)1(6)7/h2-7,16H,8-13H2,1H3;(H,6,7)/t16-,19-;/m1./s1. The normalized spacial score (nSPS) is 22.2. The van der Waals surface area contributed by atoms with E-state index in [-0.39, 0.29) is 11.3 Å². The van der Waals surface area contributed by atoms with Gasteiger partial charge in [0.25, 0.3) is 5.91 Å². The molecule has 2 aromatic heterocycles. The van der Waals surface area contributed by atoms with Crippen molar-refractivity contribution in [2.75, 3.05) is 32.9 Å². The maximum atomic E-state index is 12.8. The van der Waals surface area contributed by atoms with E-state index in [2.05, 4.69) is 4.98 Å². The van der Waals surface area contributed by atoms with Crippen molar-refractivity contribution in [1.29, 1.82) is 0 Å². The molecule has 2 fully saturated rings. The average molecular weight is 472 g/mol. The van der Waals surface area contributed by atoms with Gasteiger partial charge in [0.15, 0.2) is 0 Å². The van der Waals surface area contributed by atoms with E-state index in [0.29, 0.717) is 38.9 Å². The quantitative estimate of drug-likeness (QED) is 0.718. The van der Waals surface area contributed by atoms with Crippen LogP contribution in [0.4, 0.5) is 13.2 Å². The molecule has 2 saturated heterocycles. The SMILES string of the molecule is Cc1ccsc1C(=O)N1C[C@@H]2COC[C@]2(COCc2cccnc2)C1.O=C(O)C(F)(F)F. The number of thiophene rings is 1. The van der Waals surface area contributed by atoms with E-state index in [1.807, 2.05) is 41.6 Å². The maximum absolute atomic E-state index is 12.8. The molecule has 0 radical (unpaired) electrons. The smallest absolute Gasteiger partial charge is 0.475 e. The van der Waals surface area contributed by atoms with Gasteiger partial charge in [-0.25, -0.2) is 4.79 Å². The number of carbonyl (C=O) groups excluding carboxylic acids is 1. The minimum Gasteiger partial charge on any atom is -0.475 e. The van der Waals surface area contributed by atoms with Gasteiger partial charge < -0.3 is 19.5 Å². The molecular weight excluding hydrogens is 449 g/mol. The molecule has 1 amide bonds. The number of carboxylic acids is 1. The van der Waals surface area contributed by atoms with Crippen molar-refractivity contribution in [3.05, 3.63) is 52.0 Å². The van der Waals surface area contributed by atoms with Gasteiger partial charge in [0, 0.05) is 36.8 Å². The zero-order valence-electron chi connectivity index (χ0n) is 17.3. The van der Waals surface area contributed by atoms with Crippen LogP contribution in [0.2, 0.25) is 0 Å². The molecule has 1 N–H and O–H groups in total. The first-order chi connectivity index (χ1) is 15.1. The Morgan fingerprint density at radius 1 is 1.41 bits per heavy atom. The Hall–Kier alpha value is -2.50. The molecule has 0 aliphatic carbocycles. The Labute approximate surface area is 186 Å². The minimum atomic E-state index is -5.08. The second-order valence-electron chi connectivity index (χ2n) is 7.85. The Balaban J connectivity index is 0.000000360. The van der Waals surface area contributed by atoms with Gasteiger partial charge >= 0.3 is 12.1 Å². The second kappa shape index (κ2) is 9.97. The van der Waals surface area contributed by atoms with Crippen LogP contribution in [-0.2, 0) is 20.9 Å². The summed E-state index contributed by atoms with van der Waals surface area (Å²) in [5.41, 5.74) is 2.04. The summed E-state index contributed by atoms with van der Waals surface area (Å²) >= 11 is 1.53. The number of aliphatic carboxylic acids is 1. The fourth-order valence-electron chi connectivity index (χ4n) is 3.78. The van der Waals surface area contributed by atoms with Gasteiger partial charge in [-0.3, -0.25) is 9.78 Å². The van der Waals surface area contributed by atoms with Crippen molar-refractivity contribution in [2.24, 2.45) is 11.3 Å². The molecule has 0 unspecified atom stereocenters. The predicted octanol–water partition coefficient (Wildman–Crippen LogP) is 3.39. The third-order valence-electron chi connectivity index (χ3n) is 5.49. The molecule has 7 nitrogen and oxygen atoms in total.